The van der Waals surface area contributed by atoms with Crippen molar-refractivity contribution in [3.05, 3.63) is 121 Å². The quantitative estimate of drug-likeness (QED) is 0.159. The molecule has 0 bridgehead atoms. The van der Waals surface area contributed by atoms with Gasteiger partial charge < -0.3 is 0 Å². The summed E-state index contributed by atoms with van der Waals surface area (Å²) < 4.78 is 8.16. The maximum atomic E-state index is 8.14. The molecule has 0 saturated carbocycles. The van der Waals surface area contributed by atoms with Gasteiger partial charge in [0.25, 0.3) is 0 Å². The SMILES string of the molecule is C[N+](C)=C1NC(N)=NC(c2ccc(OCCCP(Cl)(c3ccccc3)(c3ccccc3)c3ccccc3)cc2)N1. The molecule has 4 aromatic rings. The van der Waals surface area contributed by atoms with E-state index in [-0.39, 0.29) is 6.17 Å². The number of rotatable bonds is 9. The minimum atomic E-state index is -3.29. The first-order chi connectivity index (χ1) is 19.4. The second-order valence-electron chi connectivity index (χ2n) is 10.1. The van der Waals surface area contributed by atoms with Crippen LogP contribution < -0.4 is 37.0 Å². The number of hydrogen-bond acceptors (Lipinski definition) is 3. The van der Waals surface area contributed by atoms with Gasteiger partial charge in [-0.3, -0.25) is 0 Å². The van der Waals surface area contributed by atoms with E-state index in [9.17, 15) is 0 Å². The molecule has 0 fully saturated rings. The van der Waals surface area contributed by atoms with Crippen molar-refractivity contribution >= 4 is 45.0 Å². The molecule has 6 nitrogen and oxygen atoms in total. The third kappa shape index (κ3) is 5.42. The van der Waals surface area contributed by atoms with Crippen LogP contribution in [0.1, 0.15) is 18.2 Å². The van der Waals surface area contributed by atoms with E-state index < -0.39 is 5.96 Å². The second kappa shape index (κ2) is 11.7. The molecule has 0 amide bonds. The van der Waals surface area contributed by atoms with Gasteiger partial charge in [0.05, 0.1) is 14.1 Å². The number of nitrogens with two attached hydrogens (primary N) is 1. The number of aliphatic imine (C=N–C) groups is 1. The Morgan fingerprint density at radius 2 is 1.30 bits per heavy atom. The van der Waals surface area contributed by atoms with Crippen molar-refractivity contribution in [2.45, 2.75) is 12.6 Å². The third-order valence-corrected chi connectivity index (χ3v) is 14.9. The summed E-state index contributed by atoms with van der Waals surface area (Å²) in [7, 11) is 3.88. The molecule has 1 heterocycles. The Labute approximate surface area is 241 Å². The third-order valence-electron chi connectivity index (χ3n) is 7.31. The normalized spacial score (nSPS) is 16.1. The van der Waals surface area contributed by atoms with E-state index in [2.05, 4.69) is 88.4 Å². The first-order valence-corrected chi connectivity index (χ1v) is 16.7. The monoisotopic (exact) mass is 572 g/mol. The summed E-state index contributed by atoms with van der Waals surface area (Å²) in [5.41, 5.74) is 6.99. The molecule has 5 rings (SSSR count). The number of benzene rings is 4. The molecular formula is C32H36ClN5OP+. The summed E-state index contributed by atoms with van der Waals surface area (Å²) >= 11 is 8.14. The van der Waals surface area contributed by atoms with Gasteiger partial charge in [-0.25, -0.2) is 0 Å². The van der Waals surface area contributed by atoms with Crippen molar-refractivity contribution in [1.82, 2.24) is 10.6 Å². The van der Waals surface area contributed by atoms with E-state index in [0.717, 1.165) is 29.9 Å². The van der Waals surface area contributed by atoms with E-state index in [1.54, 1.807) is 0 Å². The van der Waals surface area contributed by atoms with E-state index in [4.69, 9.17) is 21.7 Å². The Morgan fingerprint density at radius 1 is 0.800 bits per heavy atom. The van der Waals surface area contributed by atoms with Gasteiger partial charge in [0.1, 0.15) is 0 Å². The average molecular weight is 573 g/mol. The summed E-state index contributed by atoms with van der Waals surface area (Å²) in [5.74, 6) is -1.30. The Morgan fingerprint density at radius 3 is 1.77 bits per heavy atom. The second-order valence-corrected chi connectivity index (χ2v) is 16.7. The average Bonchev–Trinajstić information content (AvgIpc) is 3.00. The van der Waals surface area contributed by atoms with Crippen molar-refractivity contribution in [2.24, 2.45) is 10.7 Å². The molecule has 1 unspecified atom stereocenters. The molecule has 40 heavy (non-hydrogen) atoms. The fourth-order valence-corrected chi connectivity index (χ4v) is 11.4. The molecule has 4 N–H and O–H groups in total. The van der Waals surface area contributed by atoms with Crippen LogP contribution in [0.2, 0.25) is 0 Å². The van der Waals surface area contributed by atoms with E-state index in [1.165, 1.54) is 15.9 Å². The minimum absolute atomic E-state index is 0.266. The molecular weight excluding hydrogens is 537 g/mol. The van der Waals surface area contributed by atoms with Crippen LogP contribution >= 0.6 is 17.2 Å². The molecule has 8 heteroatoms. The van der Waals surface area contributed by atoms with Gasteiger partial charge in [-0.2, -0.15) is 0 Å². The number of nitrogens with zero attached hydrogens (tertiary/aromatic N) is 2. The van der Waals surface area contributed by atoms with E-state index in [1.807, 2.05) is 61.1 Å². The predicted molar refractivity (Wildman–Crippen MR) is 170 cm³/mol. The van der Waals surface area contributed by atoms with Crippen LogP contribution in [0.4, 0.5) is 0 Å². The summed E-state index contributed by atoms with van der Waals surface area (Å²) in [6.45, 7) is 0.547. The van der Waals surface area contributed by atoms with Crippen LogP contribution in [-0.4, -0.2) is 43.4 Å². The first kappa shape index (κ1) is 27.7. The van der Waals surface area contributed by atoms with Crippen molar-refractivity contribution in [1.29, 1.82) is 0 Å². The first-order valence-electron chi connectivity index (χ1n) is 13.4. The number of guanidine groups is 2. The van der Waals surface area contributed by atoms with Crippen molar-refractivity contribution < 1.29 is 9.31 Å². The zero-order valence-electron chi connectivity index (χ0n) is 22.9. The molecule has 0 aliphatic carbocycles. The topological polar surface area (TPSA) is 74.7 Å². The van der Waals surface area contributed by atoms with Crippen molar-refractivity contribution in [2.75, 3.05) is 26.9 Å². The number of ether oxygens (including phenoxy) is 1. The number of nitrogens with one attached hydrogen (secondary N) is 2. The molecule has 0 spiro atoms. The fourth-order valence-electron chi connectivity index (χ4n) is 5.24. The summed E-state index contributed by atoms with van der Waals surface area (Å²) in [4.78, 5) is 4.48. The van der Waals surface area contributed by atoms with Gasteiger partial charge in [-0.15, -0.1) is 0 Å². The van der Waals surface area contributed by atoms with Gasteiger partial charge >= 0.3 is 228 Å². The van der Waals surface area contributed by atoms with Crippen molar-refractivity contribution in [3.63, 3.8) is 0 Å². The van der Waals surface area contributed by atoms with Crippen LogP contribution in [0.5, 0.6) is 5.75 Å². The predicted octanol–water partition coefficient (Wildman–Crippen LogP) is 4.27. The summed E-state index contributed by atoms with van der Waals surface area (Å²) in [6, 6.07) is 39.6. The zero-order valence-corrected chi connectivity index (χ0v) is 24.5. The molecule has 1 atom stereocenters. The van der Waals surface area contributed by atoms with Gasteiger partial charge in [0, 0.05) is 0 Å². The van der Waals surface area contributed by atoms with Crippen LogP contribution in [-0.2, 0) is 0 Å². The Hall–Kier alpha value is -3.86. The van der Waals surface area contributed by atoms with Crippen molar-refractivity contribution in [3.8, 4) is 5.75 Å². The van der Waals surface area contributed by atoms with Crippen LogP contribution in [0.25, 0.3) is 0 Å². The number of halogens is 1. The molecule has 4 aromatic carbocycles. The molecule has 0 radical (unpaired) electrons. The van der Waals surface area contributed by atoms with E-state index >= 15 is 0 Å². The summed E-state index contributed by atoms with van der Waals surface area (Å²) in [6.07, 6.45) is 1.30. The van der Waals surface area contributed by atoms with Crippen LogP contribution in [0.15, 0.2) is 120 Å². The molecule has 0 aromatic heterocycles. The Bertz CT molecular complexity index is 1390. The Kier molecular flexibility index (Phi) is 8.11. The molecule has 1 aliphatic heterocycles. The fraction of sp³-hybridized carbons (Fsp3) is 0.188. The molecule has 206 valence electrons. The van der Waals surface area contributed by atoms with E-state index in [0.29, 0.717) is 12.6 Å². The number of hydrogen-bond donors (Lipinski definition) is 3. The van der Waals surface area contributed by atoms with Gasteiger partial charge in [-0.1, -0.05) is 0 Å². The zero-order chi connectivity index (χ0) is 28.0. The molecule has 1 aliphatic rings. The molecule has 0 saturated heterocycles. The van der Waals surface area contributed by atoms with Crippen LogP contribution in [0, 0.1) is 0 Å². The standard InChI is InChI=1S/C32H35ClN5OP/c1-38(2)32-36-30(35-31(34)37-32)25-19-21-26(22-20-25)39-23-12-24-40(33,27-13-6-3-7-14-27,28-15-8-4-9-16-28)29-17-10-5-11-18-29/h3-11,13-22,30H,12,23-24H2,1-2H3,(H3,34,35,36,37)/p+1. The van der Waals surface area contributed by atoms with Gasteiger partial charge in [-0.05, 0) is 0 Å². The van der Waals surface area contributed by atoms with Gasteiger partial charge in [0.15, 0.2) is 0 Å². The maximum absolute atomic E-state index is 8.14. The Balaban J connectivity index is 1.36. The summed E-state index contributed by atoms with van der Waals surface area (Å²) in [5, 5.41) is 9.89. The van der Waals surface area contributed by atoms with Crippen LogP contribution in [0.3, 0.4) is 0 Å². The van der Waals surface area contributed by atoms with Gasteiger partial charge in [0.2, 0.25) is 0 Å².